The van der Waals surface area contributed by atoms with E-state index in [0.717, 1.165) is 27.9 Å². The average Bonchev–Trinajstić information content (AvgIpc) is 2.82. The van der Waals surface area contributed by atoms with E-state index in [4.69, 9.17) is 9.47 Å². The fourth-order valence-corrected chi connectivity index (χ4v) is 5.18. The Kier molecular flexibility index (Phi) is 7.57. The van der Waals surface area contributed by atoms with Crippen LogP contribution < -0.4 is 14.4 Å². The van der Waals surface area contributed by atoms with Gasteiger partial charge in [0.25, 0.3) is 0 Å². The lowest BCUT2D eigenvalue weighted by molar-refractivity contribution is -0.131. The summed E-state index contributed by atoms with van der Waals surface area (Å²) in [4.78, 5) is 16.4. The molecule has 174 valence electrons. The maximum Gasteiger partial charge on any atom is 0.247 e. The monoisotopic (exact) mass is 465 g/mol. The summed E-state index contributed by atoms with van der Waals surface area (Å²) < 4.78 is 51.2. The zero-order chi connectivity index (χ0) is 23.3. The van der Waals surface area contributed by atoms with Gasteiger partial charge >= 0.3 is 0 Å². The minimum Gasteiger partial charge on any atom is -0.497 e. The molecule has 1 aliphatic heterocycles. The molecule has 2 aromatic carbocycles. The van der Waals surface area contributed by atoms with E-state index >= 15 is 0 Å². The zero-order valence-electron chi connectivity index (χ0n) is 18.5. The molecular weight excluding hydrogens is 437 g/mol. The molecular formula is C22H28FN3O5S. The van der Waals surface area contributed by atoms with Gasteiger partial charge < -0.3 is 19.3 Å². The van der Waals surface area contributed by atoms with Crippen LogP contribution in [0, 0.1) is 5.82 Å². The summed E-state index contributed by atoms with van der Waals surface area (Å²) in [6.45, 7) is 3.61. The predicted molar refractivity (Wildman–Crippen MR) is 119 cm³/mol. The predicted octanol–water partition coefficient (Wildman–Crippen LogP) is 2.20. The Balaban J connectivity index is 1.66. The van der Waals surface area contributed by atoms with Crippen LogP contribution in [-0.4, -0.2) is 77.0 Å². The summed E-state index contributed by atoms with van der Waals surface area (Å²) in [7, 11) is -1.18. The van der Waals surface area contributed by atoms with Crippen molar-refractivity contribution in [3.8, 4) is 11.5 Å². The van der Waals surface area contributed by atoms with Crippen molar-refractivity contribution in [1.82, 2.24) is 9.21 Å². The fourth-order valence-electron chi connectivity index (χ4n) is 3.62. The zero-order valence-corrected chi connectivity index (χ0v) is 19.3. The number of anilines is 1. The van der Waals surface area contributed by atoms with E-state index in [1.165, 1.54) is 13.2 Å². The third-order valence-corrected chi connectivity index (χ3v) is 7.42. The average molecular weight is 466 g/mol. The number of ether oxygens (including phenoxy) is 2. The standard InChI is InChI=1S/C22H28FN3O5S/c1-4-26(32(28,29)21-15-17(23)5-10-20(21)31-3)16-22(27)25-13-11-24(12-14-25)18-6-8-19(30-2)9-7-18/h5-10,15H,4,11-14,16H2,1-3H3. The molecule has 0 bridgehead atoms. The molecule has 1 fully saturated rings. The third-order valence-electron chi connectivity index (χ3n) is 5.48. The van der Waals surface area contributed by atoms with Crippen LogP contribution in [0.3, 0.4) is 0 Å². The third kappa shape index (κ3) is 5.13. The van der Waals surface area contributed by atoms with Crippen molar-refractivity contribution in [2.45, 2.75) is 11.8 Å². The van der Waals surface area contributed by atoms with Crippen molar-refractivity contribution < 1.29 is 27.1 Å². The number of halogens is 1. The molecule has 1 heterocycles. The number of carbonyl (C=O) groups excluding carboxylic acids is 1. The summed E-state index contributed by atoms with van der Waals surface area (Å²) in [5.74, 6) is -0.176. The first-order valence-corrected chi connectivity index (χ1v) is 11.7. The van der Waals surface area contributed by atoms with Crippen LogP contribution in [0.5, 0.6) is 11.5 Å². The molecule has 10 heteroatoms. The molecule has 1 aliphatic rings. The van der Waals surface area contributed by atoms with Gasteiger partial charge in [-0.15, -0.1) is 0 Å². The molecule has 0 aromatic heterocycles. The molecule has 8 nitrogen and oxygen atoms in total. The smallest absolute Gasteiger partial charge is 0.247 e. The Morgan fingerprint density at radius 1 is 1.03 bits per heavy atom. The van der Waals surface area contributed by atoms with E-state index in [9.17, 15) is 17.6 Å². The van der Waals surface area contributed by atoms with Gasteiger partial charge in [0.2, 0.25) is 15.9 Å². The van der Waals surface area contributed by atoms with Gasteiger partial charge in [0.05, 0.1) is 20.8 Å². The molecule has 1 amide bonds. The Labute approximate surface area is 188 Å². The summed E-state index contributed by atoms with van der Waals surface area (Å²) in [6.07, 6.45) is 0. The highest BCUT2D eigenvalue weighted by Crippen LogP contribution is 2.27. The first kappa shape index (κ1) is 23.8. The maximum atomic E-state index is 13.7. The van der Waals surface area contributed by atoms with Gasteiger partial charge in [-0.3, -0.25) is 4.79 Å². The van der Waals surface area contributed by atoms with Gasteiger partial charge in [-0.05, 0) is 42.5 Å². The molecule has 2 aromatic rings. The SMILES string of the molecule is CCN(CC(=O)N1CCN(c2ccc(OC)cc2)CC1)S(=O)(=O)c1cc(F)ccc1OC. The number of sulfonamides is 1. The first-order chi connectivity index (χ1) is 15.3. The van der Waals surface area contributed by atoms with E-state index < -0.39 is 15.8 Å². The van der Waals surface area contributed by atoms with Crippen LogP contribution in [0.4, 0.5) is 10.1 Å². The number of piperazine rings is 1. The summed E-state index contributed by atoms with van der Waals surface area (Å²) >= 11 is 0. The van der Waals surface area contributed by atoms with Gasteiger partial charge in [0.1, 0.15) is 22.2 Å². The van der Waals surface area contributed by atoms with Gasteiger partial charge in [0, 0.05) is 38.4 Å². The van der Waals surface area contributed by atoms with Crippen molar-refractivity contribution >= 4 is 21.6 Å². The van der Waals surface area contributed by atoms with E-state index in [-0.39, 0.29) is 29.6 Å². The van der Waals surface area contributed by atoms with E-state index in [2.05, 4.69) is 4.90 Å². The number of hydrogen-bond acceptors (Lipinski definition) is 6. The highest BCUT2D eigenvalue weighted by Gasteiger charge is 2.31. The van der Waals surface area contributed by atoms with Crippen molar-refractivity contribution in [3.05, 3.63) is 48.3 Å². The van der Waals surface area contributed by atoms with Gasteiger partial charge in [-0.1, -0.05) is 6.92 Å². The molecule has 0 radical (unpaired) electrons. The van der Waals surface area contributed by atoms with Gasteiger partial charge in [-0.25, -0.2) is 12.8 Å². The molecule has 3 rings (SSSR count). The molecule has 1 saturated heterocycles. The molecule has 32 heavy (non-hydrogen) atoms. The summed E-state index contributed by atoms with van der Waals surface area (Å²) in [6, 6.07) is 11.0. The van der Waals surface area contributed by atoms with Crippen LogP contribution in [-0.2, 0) is 14.8 Å². The summed E-state index contributed by atoms with van der Waals surface area (Å²) in [5, 5.41) is 0. The number of methoxy groups -OCH3 is 2. The highest BCUT2D eigenvalue weighted by molar-refractivity contribution is 7.89. The topological polar surface area (TPSA) is 79.4 Å². The number of likely N-dealkylation sites (N-methyl/N-ethyl adjacent to an activating group) is 1. The van der Waals surface area contributed by atoms with Gasteiger partial charge in [0.15, 0.2) is 0 Å². The Morgan fingerprint density at radius 2 is 1.69 bits per heavy atom. The Hall–Kier alpha value is -2.85. The minimum atomic E-state index is -4.11. The number of hydrogen-bond donors (Lipinski definition) is 0. The normalized spacial score (nSPS) is 14.5. The number of rotatable bonds is 8. The van der Waals surface area contributed by atoms with E-state index in [0.29, 0.717) is 26.2 Å². The molecule has 0 unspecified atom stereocenters. The molecule has 0 spiro atoms. The maximum absolute atomic E-state index is 13.7. The van der Waals surface area contributed by atoms with Crippen molar-refractivity contribution in [3.63, 3.8) is 0 Å². The Bertz CT molecular complexity index is 1040. The number of nitrogens with zero attached hydrogens (tertiary/aromatic N) is 3. The van der Waals surface area contributed by atoms with Crippen LogP contribution >= 0.6 is 0 Å². The lowest BCUT2D eigenvalue weighted by Crippen LogP contribution is -2.51. The van der Waals surface area contributed by atoms with E-state index in [1.54, 1.807) is 18.9 Å². The molecule has 0 aliphatic carbocycles. The van der Waals surface area contributed by atoms with Crippen molar-refractivity contribution in [2.24, 2.45) is 0 Å². The second kappa shape index (κ2) is 10.2. The lowest BCUT2D eigenvalue weighted by Gasteiger charge is -2.37. The lowest BCUT2D eigenvalue weighted by atomic mass is 10.2. The van der Waals surface area contributed by atoms with Crippen LogP contribution in [0.1, 0.15) is 6.92 Å². The first-order valence-electron chi connectivity index (χ1n) is 10.3. The van der Waals surface area contributed by atoms with Gasteiger partial charge in [-0.2, -0.15) is 4.31 Å². The number of benzene rings is 2. The van der Waals surface area contributed by atoms with Crippen LogP contribution in [0.15, 0.2) is 47.4 Å². The Morgan fingerprint density at radius 3 is 2.25 bits per heavy atom. The number of carbonyl (C=O) groups is 1. The molecule has 0 saturated carbocycles. The quantitative estimate of drug-likeness (QED) is 0.595. The summed E-state index contributed by atoms with van der Waals surface area (Å²) in [5.41, 5.74) is 1.04. The van der Waals surface area contributed by atoms with Crippen molar-refractivity contribution in [1.29, 1.82) is 0 Å². The van der Waals surface area contributed by atoms with Crippen LogP contribution in [0.2, 0.25) is 0 Å². The molecule has 0 N–H and O–H groups in total. The molecule has 0 atom stereocenters. The van der Waals surface area contributed by atoms with Crippen LogP contribution in [0.25, 0.3) is 0 Å². The second-order valence-electron chi connectivity index (χ2n) is 7.29. The largest absolute Gasteiger partial charge is 0.497 e. The highest BCUT2D eigenvalue weighted by atomic mass is 32.2. The fraction of sp³-hybridized carbons (Fsp3) is 0.409. The number of amides is 1. The minimum absolute atomic E-state index is 0.0328. The van der Waals surface area contributed by atoms with E-state index in [1.807, 2.05) is 24.3 Å². The second-order valence-corrected chi connectivity index (χ2v) is 9.20. The van der Waals surface area contributed by atoms with Crippen molar-refractivity contribution in [2.75, 3.05) is 58.4 Å².